The maximum absolute atomic E-state index is 12.1. The molecule has 0 amide bonds. The van der Waals surface area contributed by atoms with Gasteiger partial charge in [0.1, 0.15) is 0 Å². The molecule has 1 N–H and O–H groups in total. The van der Waals surface area contributed by atoms with Crippen molar-refractivity contribution in [2.75, 3.05) is 10.5 Å². The number of hydrogen-bond acceptors (Lipinski definition) is 2. The minimum Gasteiger partial charge on any atom is -0.284 e. The summed E-state index contributed by atoms with van der Waals surface area (Å²) >= 11 is 3.42. The van der Waals surface area contributed by atoms with Gasteiger partial charge in [-0.1, -0.05) is 41.3 Å². The zero-order chi connectivity index (χ0) is 13.9. The molecule has 0 aliphatic heterocycles. The summed E-state index contributed by atoms with van der Waals surface area (Å²) < 4.78 is 27.9. The van der Waals surface area contributed by atoms with Gasteiger partial charge < -0.3 is 0 Å². The second kappa shape index (κ2) is 6.27. The number of halogens is 1. The molecule has 19 heavy (non-hydrogen) atoms. The number of rotatable bonds is 4. The molecule has 3 nitrogen and oxygen atoms in total. The summed E-state index contributed by atoms with van der Waals surface area (Å²) in [5.74, 6) is 0.568. The SMILES string of the molecule is Cc1ccc(NS(=O)(=O)CC2CCCCC2)cc1Br. The lowest BCUT2D eigenvalue weighted by Gasteiger charge is -2.21. The molecule has 0 spiro atoms. The molecule has 1 aromatic rings. The van der Waals surface area contributed by atoms with Gasteiger partial charge in [-0.3, -0.25) is 4.72 Å². The predicted octanol–water partition coefficient (Wildman–Crippen LogP) is 4.08. The Morgan fingerprint density at radius 1 is 1.26 bits per heavy atom. The summed E-state index contributed by atoms with van der Waals surface area (Å²) in [5.41, 5.74) is 1.73. The van der Waals surface area contributed by atoms with Crippen molar-refractivity contribution >= 4 is 31.6 Å². The third kappa shape index (κ3) is 4.49. The third-order valence-electron chi connectivity index (χ3n) is 3.63. The molecule has 0 atom stereocenters. The lowest BCUT2D eigenvalue weighted by Crippen LogP contribution is -2.24. The Balaban J connectivity index is 2.01. The average Bonchev–Trinajstić information content (AvgIpc) is 2.34. The standard InChI is InChI=1S/C14H20BrNO2S/c1-11-7-8-13(9-14(11)15)16-19(17,18)10-12-5-3-2-4-6-12/h7-9,12,16H,2-6,10H2,1H3. The van der Waals surface area contributed by atoms with Gasteiger partial charge in [-0.25, -0.2) is 8.42 Å². The summed E-state index contributed by atoms with van der Waals surface area (Å²) in [6.07, 6.45) is 5.65. The molecule has 1 aliphatic rings. The van der Waals surface area contributed by atoms with Crippen molar-refractivity contribution < 1.29 is 8.42 Å². The van der Waals surface area contributed by atoms with E-state index in [0.29, 0.717) is 11.6 Å². The molecule has 0 aromatic heterocycles. The zero-order valence-corrected chi connectivity index (χ0v) is 13.6. The predicted molar refractivity (Wildman–Crippen MR) is 82.9 cm³/mol. The fourth-order valence-corrected chi connectivity index (χ4v) is 4.44. The average molecular weight is 346 g/mol. The van der Waals surface area contributed by atoms with E-state index in [-0.39, 0.29) is 5.75 Å². The Hall–Kier alpha value is -0.550. The molecule has 1 aromatic carbocycles. The van der Waals surface area contributed by atoms with E-state index in [1.54, 1.807) is 6.07 Å². The first kappa shape index (κ1) is 14.9. The normalized spacial score (nSPS) is 17.4. The minimum absolute atomic E-state index is 0.249. The molecular weight excluding hydrogens is 326 g/mol. The highest BCUT2D eigenvalue weighted by Crippen LogP contribution is 2.26. The third-order valence-corrected chi connectivity index (χ3v) is 5.94. The van der Waals surface area contributed by atoms with Gasteiger partial charge in [0.25, 0.3) is 0 Å². The van der Waals surface area contributed by atoms with E-state index in [4.69, 9.17) is 0 Å². The number of anilines is 1. The van der Waals surface area contributed by atoms with Crippen LogP contribution in [0.2, 0.25) is 0 Å². The minimum atomic E-state index is -3.23. The lowest BCUT2D eigenvalue weighted by atomic mass is 9.91. The molecule has 2 rings (SSSR count). The fourth-order valence-electron chi connectivity index (χ4n) is 2.54. The zero-order valence-electron chi connectivity index (χ0n) is 11.2. The van der Waals surface area contributed by atoms with Crippen LogP contribution in [0.3, 0.4) is 0 Å². The molecule has 0 radical (unpaired) electrons. The Morgan fingerprint density at radius 2 is 1.95 bits per heavy atom. The summed E-state index contributed by atoms with van der Waals surface area (Å²) in [6.45, 7) is 1.98. The fraction of sp³-hybridized carbons (Fsp3) is 0.571. The van der Waals surface area contributed by atoms with E-state index in [0.717, 1.165) is 35.7 Å². The van der Waals surface area contributed by atoms with Gasteiger partial charge in [0, 0.05) is 10.2 Å². The molecule has 5 heteroatoms. The largest absolute Gasteiger partial charge is 0.284 e. The number of sulfonamides is 1. The van der Waals surface area contributed by atoms with Crippen molar-refractivity contribution in [3.05, 3.63) is 28.2 Å². The van der Waals surface area contributed by atoms with Crippen molar-refractivity contribution in [2.45, 2.75) is 39.0 Å². The van der Waals surface area contributed by atoms with Crippen LogP contribution in [0, 0.1) is 12.8 Å². The molecule has 1 saturated carbocycles. The quantitative estimate of drug-likeness (QED) is 0.893. The van der Waals surface area contributed by atoms with Crippen molar-refractivity contribution in [3.63, 3.8) is 0 Å². The van der Waals surface area contributed by atoms with Gasteiger partial charge >= 0.3 is 0 Å². The van der Waals surface area contributed by atoms with Crippen molar-refractivity contribution in [1.82, 2.24) is 0 Å². The Labute approximate surface area is 124 Å². The highest BCUT2D eigenvalue weighted by Gasteiger charge is 2.21. The first-order chi connectivity index (χ1) is 8.96. The maximum Gasteiger partial charge on any atom is 0.232 e. The summed E-state index contributed by atoms with van der Waals surface area (Å²) in [4.78, 5) is 0. The summed E-state index contributed by atoms with van der Waals surface area (Å²) in [5, 5.41) is 0. The van der Waals surface area contributed by atoms with Gasteiger partial charge in [-0.2, -0.15) is 0 Å². The van der Waals surface area contributed by atoms with Crippen LogP contribution in [0.15, 0.2) is 22.7 Å². The summed E-state index contributed by atoms with van der Waals surface area (Å²) in [7, 11) is -3.23. The van der Waals surface area contributed by atoms with Gasteiger partial charge in [0.2, 0.25) is 10.0 Å². The van der Waals surface area contributed by atoms with E-state index in [1.165, 1.54) is 6.42 Å². The van der Waals surface area contributed by atoms with Gasteiger partial charge in [0.05, 0.1) is 5.75 Å². The van der Waals surface area contributed by atoms with E-state index in [2.05, 4.69) is 20.7 Å². The highest BCUT2D eigenvalue weighted by atomic mass is 79.9. The first-order valence-corrected chi connectivity index (χ1v) is 9.17. The number of benzene rings is 1. The molecule has 0 bridgehead atoms. The molecule has 0 saturated heterocycles. The second-order valence-electron chi connectivity index (χ2n) is 5.35. The highest BCUT2D eigenvalue weighted by molar-refractivity contribution is 9.10. The van der Waals surface area contributed by atoms with Crippen LogP contribution in [-0.4, -0.2) is 14.2 Å². The van der Waals surface area contributed by atoms with Gasteiger partial charge in [-0.15, -0.1) is 0 Å². The van der Waals surface area contributed by atoms with Crippen molar-refractivity contribution in [2.24, 2.45) is 5.92 Å². The molecule has 0 unspecified atom stereocenters. The molecule has 0 heterocycles. The van der Waals surface area contributed by atoms with Gasteiger partial charge in [0.15, 0.2) is 0 Å². The molecule has 1 fully saturated rings. The van der Waals surface area contributed by atoms with Crippen molar-refractivity contribution in [1.29, 1.82) is 0 Å². The van der Waals surface area contributed by atoms with Crippen LogP contribution in [0.1, 0.15) is 37.7 Å². The Morgan fingerprint density at radius 3 is 2.58 bits per heavy atom. The van der Waals surface area contributed by atoms with Crippen LogP contribution in [0.25, 0.3) is 0 Å². The lowest BCUT2D eigenvalue weighted by molar-refractivity contribution is 0.385. The molecular formula is C14H20BrNO2S. The maximum atomic E-state index is 12.1. The van der Waals surface area contributed by atoms with Gasteiger partial charge in [-0.05, 0) is 43.4 Å². The van der Waals surface area contributed by atoms with E-state index in [9.17, 15) is 8.42 Å². The monoisotopic (exact) mass is 345 g/mol. The number of nitrogens with one attached hydrogen (secondary N) is 1. The van der Waals surface area contributed by atoms with Crippen LogP contribution in [0.5, 0.6) is 0 Å². The first-order valence-electron chi connectivity index (χ1n) is 6.73. The van der Waals surface area contributed by atoms with Crippen LogP contribution in [-0.2, 0) is 10.0 Å². The van der Waals surface area contributed by atoms with Crippen molar-refractivity contribution in [3.8, 4) is 0 Å². The second-order valence-corrected chi connectivity index (χ2v) is 7.97. The van der Waals surface area contributed by atoms with E-state index >= 15 is 0 Å². The van der Waals surface area contributed by atoms with E-state index < -0.39 is 10.0 Å². The Bertz CT molecular complexity index is 536. The molecule has 1 aliphatic carbocycles. The smallest absolute Gasteiger partial charge is 0.232 e. The van der Waals surface area contributed by atoms with Crippen LogP contribution >= 0.6 is 15.9 Å². The number of hydrogen-bond donors (Lipinski definition) is 1. The topological polar surface area (TPSA) is 46.2 Å². The molecule has 106 valence electrons. The van der Waals surface area contributed by atoms with Crippen LogP contribution in [0.4, 0.5) is 5.69 Å². The van der Waals surface area contributed by atoms with E-state index in [1.807, 2.05) is 19.1 Å². The Kier molecular flexibility index (Phi) is 4.90. The van der Waals surface area contributed by atoms with Crippen LogP contribution < -0.4 is 4.72 Å². The summed E-state index contributed by atoms with van der Waals surface area (Å²) in [6, 6.07) is 5.52. The number of aryl methyl sites for hydroxylation is 1.